The number of nitrogens with two attached hydrogens (primary N) is 1. The van der Waals surface area contributed by atoms with Gasteiger partial charge in [0.25, 0.3) is 0 Å². The van der Waals surface area contributed by atoms with Crippen molar-refractivity contribution in [1.29, 1.82) is 0 Å². The molecular formula is C10H15FN2. The fourth-order valence-electron chi connectivity index (χ4n) is 1.42. The van der Waals surface area contributed by atoms with Crippen molar-refractivity contribution < 1.29 is 4.39 Å². The van der Waals surface area contributed by atoms with E-state index in [4.69, 9.17) is 5.73 Å². The van der Waals surface area contributed by atoms with Crippen molar-refractivity contribution in [2.75, 3.05) is 0 Å². The summed E-state index contributed by atoms with van der Waals surface area (Å²) in [4.78, 5) is 3.94. The number of pyridine rings is 1. The highest BCUT2D eigenvalue weighted by atomic mass is 19.1. The van der Waals surface area contributed by atoms with Crippen LogP contribution >= 0.6 is 0 Å². The Morgan fingerprint density at radius 2 is 2.15 bits per heavy atom. The quantitative estimate of drug-likeness (QED) is 0.760. The Balaban J connectivity index is 3.32. The van der Waals surface area contributed by atoms with Crippen LogP contribution in [0.15, 0.2) is 6.20 Å². The van der Waals surface area contributed by atoms with Crippen LogP contribution in [0.4, 0.5) is 4.39 Å². The predicted molar refractivity (Wildman–Crippen MR) is 50.9 cm³/mol. The van der Waals surface area contributed by atoms with E-state index >= 15 is 0 Å². The molecule has 13 heavy (non-hydrogen) atoms. The van der Waals surface area contributed by atoms with Crippen LogP contribution in [-0.4, -0.2) is 4.98 Å². The van der Waals surface area contributed by atoms with Crippen LogP contribution in [0.3, 0.4) is 0 Å². The fourth-order valence-corrected chi connectivity index (χ4v) is 1.42. The van der Waals surface area contributed by atoms with Gasteiger partial charge in [0.1, 0.15) is 5.82 Å². The van der Waals surface area contributed by atoms with E-state index in [9.17, 15) is 4.39 Å². The normalized spacial score (nSPS) is 10.9. The smallest absolute Gasteiger partial charge is 0.148 e. The molecule has 0 fully saturated rings. The first-order valence-electron chi connectivity index (χ1n) is 4.41. The molecule has 1 rings (SSSR count). The first-order chi connectivity index (χ1) is 6.07. The van der Waals surface area contributed by atoms with Crippen molar-refractivity contribution in [1.82, 2.24) is 4.98 Å². The van der Waals surface area contributed by atoms with Crippen LogP contribution < -0.4 is 5.73 Å². The lowest BCUT2D eigenvalue weighted by Gasteiger charge is -2.13. The van der Waals surface area contributed by atoms with Crippen molar-refractivity contribution in [3.8, 4) is 0 Å². The molecule has 2 N–H and O–H groups in total. The average molecular weight is 182 g/mol. The molecule has 1 aromatic rings. The van der Waals surface area contributed by atoms with Crippen molar-refractivity contribution in [2.45, 2.75) is 33.2 Å². The van der Waals surface area contributed by atoms with Gasteiger partial charge in [0, 0.05) is 12.7 Å². The molecule has 0 aliphatic rings. The minimum Gasteiger partial charge on any atom is -0.326 e. The molecule has 1 aromatic heterocycles. The monoisotopic (exact) mass is 182 g/mol. The Kier molecular flexibility index (Phi) is 2.98. The second-order valence-electron chi connectivity index (χ2n) is 3.46. The number of nitrogens with zero attached hydrogens (tertiary/aromatic N) is 1. The van der Waals surface area contributed by atoms with Crippen LogP contribution in [0.25, 0.3) is 0 Å². The summed E-state index contributed by atoms with van der Waals surface area (Å²) in [6, 6.07) is 0. The molecule has 72 valence electrons. The molecule has 0 aliphatic heterocycles. The minimum atomic E-state index is -0.210. The molecule has 0 amide bonds. The van der Waals surface area contributed by atoms with E-state index in [-0.39, 0.29) is 11.7 Å². The first-order valence-corrected chi connectivity index (χ1v) is 4.41. The van der Waals surface area contributed by atoms with Gasteiger partial charge in [0.15, 0.2) is 0 Å². The maximum atomic E-state index is 13.6. The van der Waals surface area contributed by atoms with E-state index in [1.807, 2.05) is 13.8 Å². The Morgan fingerprint density at radius 3 is 2.62 bits per heavy atom. The molecule has 2 nitrogen and oxygen atoms in total. The molecule has 0 saturated heterocycles. The maximum Gasteiger partial charge on any atom is 0.148 e. The molecule has 0 saturated carbocycles. The number of aromatic nitrogens is 1. The lowest BCUT2D eigenvalue weighted by molar-refractivity contribution is 0.576. The van der Waals surface area contributed by atoms with Gasteiger partial charge in [0.05, 0.1) is 5.69 Å². The summed E-state index contributed by atoms with van der Waals surface area (Å²) in [5, 5.41) is 0. The van der Waals surface area contributed by atoms with Gasteiger partial charge < -0.3 is 5.73 Å². The van der Waals surface area contributed by atoms with Crippen LogP contribution in [0.2, 0.25) is 0 Å². The number of aryl methyl sites for hydroxylation is 1. The Labute approximate surface area is 78.0 Å². The van der Waals surface area contributed by atoms with Crippen LogP contribution in [0.1, 0.15) is 36.6 Å². The molecule has 0 unspecified atom stereocenters. The van der Waals surface area contributed by atoms with E-state index in [2.05, 4.69) is 4.98 Å². The fraction of sp³-hybridized carbons (Fsp3) is 0.500. The summed E-state index contributed by atoms with van der Waals surface area (Å²) >= 11 is 0. The number of halogens is 1. The van der Waals surface area contributed by atoms with Crippen LogP contribution in [-0.2, 0) is 6.54 Å². The number of hydrogen-bond acceptors (Lipinski definition) is 2. The molecule has 1 heterocycles. The zero-order valence-electron chi connectivity index (χ0n) is 8.26. The second-order valence-corrected chi connectivity index (χ2v) is 3.46. The van der Waals surface area contributed by atoms with E-state index in [0.29, 0.717) is 17.8 Å². The third kappa shape index (κ3) is 1.86. The molecule has 0 atom stereocenters. The second kappa shape index (κ2) is 3.83. The van der Waals surface area contributed by atoms with Crippen molar-refractivity contribution >= 4 is 0 Å². The van der Waals surface area contributed by atoms with E-state index < -0.39 is 0 Å². The van der Waals surface area contributed by atoms with E-state index in [1.165, 1.54) is 0 Å². The summed E-state index contributed by atoms with van der Waals surface area (Å²) in [5.41, 5.74) is 7.45. The van der Waals surface area contributed by atoms with Gasteiger partial charge >= 0.3 is 0 Å². The summed E-state index contributed by atoms with van der Waals surface area (Å²) in [5.74, 6) is -0.0572. The molecule has 0 radical (unpaired) electrons. The van der Waals surface area contributed by atoms with Gasteiger partial charge in [-0.25, -0.2) is 4.39 Å². The summed E-state index contributed by atoms with van der Waals surface area (Å²) in [6.07, 6.45) is 1.66. The molecule has 0 aromatic carbocycles. The lowest BCUT2D eigenvalue weighted by atomic mass is 9.97. The van der Waals surface area contributed by atoms with Gasteiger partial charge in [-0.1, -0.05) is 13.8 Å². The highest BCUT2D eigenvalue weighted by Crippen LogP contribution is 2.23. The molecule has 0 aliphatic carbocycles. The number of rotatable bonds is 2. The Hall–Kier alpha value is -0.960. The van der Waals surface area contributed by atoms with Gasteiger partial charge in [-0.3, -0.25) is 4.98 Å². The van der Waals surface area contributed by atoms with Crippen molar-refractivity contribution in [2.24, 2.45) is 5.73 Å². The zero-order valence-corrected chi connectivity index (χ0v) is 8.26. The van der Waals surface area contributed by atoms with Gasteiger partial charge in [-0.15, -0.1) is 0 Å². The third-order valence-electron chi connectivity index (χ3n) is 2.11. The third-order valence-corrected chi connectivity index (χ3v) is 2.11. The van der Waals surface area contributed by atoms with Gasteiger partial charge in [-0.2, -0.15) is 0 Å². The highest BCUT2D eigenvalue weighted by molar-refractivity contribution is 5.30. The summed E-state index contributed by atoms with van der Waals surface area (Å²) in [6.45, 7) is 5.92. The number of hydrogen-bond donors (Lipinski definition) is 1. The Bertz CT molecular complexity index is 308. The minimum absolute atomic E-state index is 0.153. The van der Waals surface area contributed by atoms with Crippen molar-refractivity contribution in [3.63, 3.8) is 0 Å². The Morgan fingerprint density at radius 1 is 1.54 bits per heavy atom. The summed E-state index contributed by atoms with van der Waals surface area (Å²) < 4.78 is 13.6. The van der Waals surface area contributed by atoms with Gasteiger partial charge in [-0.05, 0) is 24.0 Å². The standard InChI is InChI=1S/C10H15FN2/c1-6(2)9-8(4-12)5-13-7(3)10(9)11/h5-6H,4,12H2,1-3H3. The van der Waals surface area contributed by atoms with Gasteiger partial charge in [0.2, 0.25) is 0 Å². The predicted octanol–water partition coefficient (Wildman–Crippen LogP) is 2.11. The SMILES string of the molecule is Cc1ncc(CN)c(C(C)C)c1F. The maximum absolute atomic E-state index is 13.6. The lowest BCUT2D eigenvalue weighted by Crippen LogP contribution is -2.08. The topological polar surface area (TPSA) is 38.9 Å². The zero-order chi connectivity index (χ0) is 10.0. The van der Waals surface area contributed by atoms with Crippen LogP contribution in [0, 0.1) is 12.7 Å². The van der Waals surface area contributed by atoms with E-state index in [0.717, 1.165) is 5.56 Å². The molecule has 3 heteroatoms. The molecular weight excluding hydrogens is 167 g/mol. The van der Waals surface area contributed by atoms with E-state index in [1.54, 1.807) is 13.1 Å². The summed E-state index contributed by atoms with van der Waals surface area (Å²) in [7, 11) is 0. The molecule has 0 spiro atoms. The molecule has 0 bridgehead atoms. The van der Waals surface area contributed by atoms with Crippen molar-refractivity contribution in [3.05, 3.63) is 28.8 Å². The largest absolute Gasteiger partial charge is 0.326 e. The van der Waals surface area contributed by atoms with Crippen LogP contribution in [0.5, 0.6) is 0 Å². The highest BCUT2D eigenvalue weighted by Gasteiger charge is 2.14. The average Bonchev–Trinajstić information content (AvgIpc) is 2.08. The first kappa shape index (κ1) is 10.1.